The van der Waals surface area contributed by atoms with Crippen molar-refractivity contribution in [2.45, 2.75) is 33.2 Å². The van der Waals surface area contributed by atoms with Crippen molar-refractivity contribution in [3.05, 3.63) is 58.9 Å². The number of carbonyl (C=O) groups is 2. The fourth-order valence-electron chi connectivity index (χ4n) is 3.81. The average molecular weight is 453 g/mol. The Bertz CT molecular complexity index is 1070. The summed E-state index contributed by atoms with van der Waals surface area (Å²) in [5.41, 5.74) is 4.39. The minimum absolute atomic E-state index is 0.0243. The van der Waals surface area contributed by atoms with Crippen LogP contribution in [0.1, 0.15) is 29.7 Å². The van der Waals surface area contributed by atoms with Gasteiger partial charge in [-0.05, 0) is 69.1 Å². The third-order valence-electron chi connectivity index (χ3n) is 5.90. The molecule has 3 aromatic rings. The first-order valence-electron chi connectivity index (χ1n) is 10.8. The average Bonchev–Trinajstić information content (AvgIpc) is 3.47. The van der Waals surface area contributed by atoms with Gasteiger partial charge in [-0.15, -0.1) is 11.3 Å². The van der Waals surface area contributed by atoms with Gasteiger partial charge in [-0.25, -0.2) is 4.98 Å². The van der Waals surface area contributed by atoms with E-state index in [1.165, 1.54) is 22.5 Å². The molecule has 1 fully saturated rings. The molecule has 1 aromatic carbocycles. The topological polar surface area (TPSA) is 87.5 Å². The van der Waals surface area contributed by atoms with E-state index in [1.807, 2.05) is 11.4 Å². The predicted octanol–water partition coefficient (Wildman–Crippen LogP) is 3.99. The Morgan fingerprint density at radius 1 is 1.19 bits per heavy atom. The zero-order valence-electron chi connectivity index (χ0n) is 18.4. The van der Waals surface area contributed by atoms with Gasteiger partial charge in [0.1, 0.15) is 5.76 Å². The molecule has 0 spiro atoms. The van der Waals surface area contributed by atoms with Crippen LogP contribution >= 0.6 is 11.3 Å². The standard InChI is InChI=1S/C24H28N4O3S/c1-16-5-6-19(12-17(16)2)21-15-32-24(26-21)27-22(29)14-28-9-7-18(8-10-28)23(30)25-13-20-4-3-11-31-20/h3-6,11-12,15,18H,7-10,13-14H2,1-2H3,(H,25,30)(H,26,27,29). The van der Waals surface area contributed by atoms with Crippen LogP contribution in [0.2, 0.25) is 0 Å². The Morgan fingerprint density at radius 2 is 2.00 bits per heavy atom. The van der Waals surface area contributed by atoms with Crippen LogP contribution in [-0.2, 0) is 16.1 Å². The van der Waals surface area contributed by atoms with Crippen LogP contribution in [-0.4, -0.2) is 41.3 Å². The SMILES string of the molecule is Cc1ccc(-c2csc(NC(=O)CN3CCC(C(=O)NCc4ccco4)CC3)n2)cc1C. The van der Waals surface area contributed by atoms with E-state index in [9.17, 15) is 9.59 Å². The predicted molar refractivity (Wildman–Crippen MR) is 125 cm³/mol. The quantitative estimate of drug-likeness (QED) is 0.566. The summed E-state index contributed by atoms with van der Waals surface area (Å²) in [6, 6.07) is 9.90. The van der Waals surface area contributed by atoms with Gasteiger partial charge in [-0.2, -0.15) is 0 Å². The van der Waals surface area contributed by atoms with Crippen molar-refractivity contribution in [1.82, 2.24) is 15.2 Å². The molecule has 2 N–H and O–H groups in total. The van der Waals surface area contributed by atoms with E-state index >= 15 is 0 Å². The van der Waals surface area contributed by atoms with Crippen molar-refractivity contribution >= 4 is 28.3 Å². The summed E-state index contributed by atoms with van der Waals surface area (Å²) < 4.78 is 5.25. The number of likely N-dealkylation sites (tertiary alicyclic amines) is 1. The molecule has 1 aliphatic heterocycles. The van der Waals surface area contributed by atoms with Gasteiger partial charge in [0.05, 0.1) is 25.0 Å². The van der Waals surface area contributed by atoms with E-state index in [0.717, 1.165) is 42.9 Å². The number of piperidine rings is 1. The second-order valence-electron chi connectivity index (χ2n) is 8.23. The van der Waals surface area contributed by atoms with Gasteiger partial charge in [0, 0.05) is 16.9 Å². The van der Waals surface area contributed by atoms with E-state index in [-0.39, 0.29) is 17.7 Å². The number of thiazole rings is 1. The number of furan rings is 1. The summed E-state index contributed by atoms with van der Waals surface area (Å²) in [5, 5.41) is 8.41. The highest BCUT2D eigenvalue weighted by atomic mass is 32.1. The molecule has 168 valence electrons. The molecule has 8 heteroatoms. The largest absolute Gasteiger partial charge is 0.467 e. The van der Waals surface area contributed by atoms with Crippen LogP contribution in [0.25, 0.3) is 11.3 Å². The summed E-state index contributed by atoms with van der Waals surface area (Å²) in [6.07, 6.45) is 3.08. The second-order valence-corrected chi connectivity index (χ2v) is 9.09. The molecular weight excluding hydrogens is 424 g/mol. The van der Waals surface area contributed by atoms with Crippen LogP contribution in [0, 0.1) is 19.8 Å². The lowest BCUT2D eigenvalue weighted by atomic mass is 9.96. The maximum atomic E-state index is 12.5. The number of anilines is 1. The zero-order valence-corrected chi connectivity index (χ0v) is 19.2. The van der Waals surface area contributed by atoms with Gasteiger partial charge in [-0.3, -0.25) is 14.5 Å². The number of nitrogens with one attached hydrogen (secondary N) is 2. The number of aryl methyl sites for hydroxylation is 2. The van der Waals surface area contributed by atoms with Crippen molar-refractivity contribution in [2.24, 2.45) is 5.92 Å². The summed E-state index contributed by atoms with van der Waals surface area (Å²) in [7, 11) is 0. The zero-order chi connectivity index (χ0) is 22.5. The molecule has 1 saturated heterocycles. The maximum absolute atomic E-state index is 12.5. The molecule has 0 aliphatic carbocycles. The number of benzene rings is 1. The maximum Gasteiger partial charge on any atom is 0.240 e. The van der Waals surface area contributed by atoms with Crippen molar-refractivity contribution in [1.29, 1.82) is 0 Å². The van der Waals surface area contributed by atoms with E-state index < -0.39 is 0 Å². The summed E-state index contributed by atoms with van der Waals surface area (Å²) in [6.45, 7) is 6.32. The van der Waals surface area contributed by atoms with Crippen molar-refractivity contribution in [2.75, 3.05) is 25.0 Å². The number of hydrogen-bond acceptors (Lipinski definition) is 6. The number of aromatic nitrogens is 1. The van der Waals surface area contributed by atoms with Gasteiger partial charge in [0.15, 0.2) is 5.13 Å². The minimum Gasteiger partial charge on any atom is -0.467 e. The molecule has 0 atom stereocenters. The van der Waals surface area contributed by atoms with Gasteiger partial charge < -0.3 is 15.1 Å². The summed E-state index contributed by atoms with van der Waals surface area (Å²) in [5.74, 6) is 0.693. The Morgan fingerprint density at radius 3 is 2.72 bits per heavy atom. The molecule has 1 aliphatic rings. The molecule has 3 heterocycles. The monoisotopic (exact) mass is 452 g/mol. The Labute approximate surface area is 191 Å². The highest BCUT2D eigenvalue weighted by Crippen LogP contribution is 2.26. The Hall–Kier alpha value is -2.97. The normalized spacial score (nSPS) is 14.9. The summed E-state index contributed by atoms with van der Waals surface area (Å²) >= 11 is 1.43. The molecule has 0 bridgehead atoms. The minimum atomic E-state index is -0.0771. The number of amides is 2. The van der Waals surface area contributed by atoms with Crippen molar-refractivity contribution in [3.8, 4) is 11.3 Å². The Kier molecular flexibility index (Phi) is 7.02. The first-order valence-corrected chi connectivity index (χ1v) is 11.7. The molecule has 0 unspecified atom stereocenters. The Balaban J connectivity index is 1.22. The van der Waals surface area contributed by atoms with Gasteiger partial charge in [0.2, 0.25) is 11.8 Å². The van der Waals surface area contributed by atoms with Crippen LogP contribution in [0.4, 0.5) is 5.13 Å². The molecular formula is C24H28N4O3S. The third kappa shape index (κ3) is 5.63. The van der Waals surface area contributed by atoms with Gasteiger partial charge in [0.25, 0.3) is 0 Å². The number of rotatable bonds is 7. The molecule has 2 aromatic heterocycles. The van der Waals surface area contributed by atoms with Crippen LogP contribution < -0.4 is 10.6 Å². The van der Waals surface area contributed by atoms with Crippen LogP contribution in [0.3, 0.4) is 0 Å². The van der Waals surface area contributed by atoms with Crippen molar-refractivity contribution < 1.29 is 14.0 Å². The van der Waals surface area contributed by atoms with Crippen molar-refractivity contribution in [3.63, 3.8) is 0 Å². The van der Waals surface area contributed by atoms with Gasteiger partial charge in [-0.1, -0.05) is 12.1 Å². The van der Waals surface area contributed by atoms with Crippen LogP contribution in [0.5, 0.6) is 0 Å². The molecule has 4 rings (SSSR count). The highest BCUT2D eigenvalue weighted by molar-refractivity contribution is 7.14. The number of carbonyl (C=O) groups excluding carboxylic acids is 2. The molecule has 0 radical (unpaired) electrons. The van der Waals surface area contributed by atoms with E-state index in [1.54, 1.807) is 12.3 Å². The highest BCUT2D eigenvalue weighted by Gasteiger charge is 2.26. The smallest absolute Gasteiger partial charge is 0.240 e. The lowest BCUT2D eigenvalue weighted by molar-refractivity contribution is -0.126. The molecule has 32 heavy (non-hydrogen) atoms. The van der Waals surface area contributed by atoms with Crippen LogP contribution in [0.15, 0.2) is 46.4 Å². The lowest BCUT2D eigenvalue weighted by Crippen LogP contribution is -2.43. The first-order chi connectivity index (χ1) is 15.5. The number of nitrogens with zero attached hydrogens (tertiary/aromatic N) is 2. The molecule has 7 nitrogen and oxygen atoms in total. The fraction of sp³-hybridized carbons (Fsp3) is 0.375. The lowest BCUT2D eigenvalue weighted by Gasteiger charge is -2.30. The molecule has 0 saturated carbocycles. The summed E-state index contributed by atoms with van der Waals surface area (Å²) in [4.78, 5) is 31.5. The van der Waals surface area contributed by atoms with E-state index in [0.29, 0.717) is 18.2 Å². The fourth-order valence-corrected chi connectivity index (χ4v) is 4.55. The second kappa shape index (κ2) is 10.1. The van der Waals surface area contributed by atoms with Gasteiger partial charge >= 0.3 is 0 Å². The third-order valence-corrected chi connectivity index (χ3v) is 6.65. The number of hydrogen-bond donors (Lipinski definition) is 2. The van der Waals surface area contributed by atoms with E-state index in [4.69, 9.17) is 4.42 Å². The van der Waals surface area contributed by atoms with E-state index in [2.05, 4.69) is 52.6 Å². The first kappa shape index (κ1) is 22.2. The molecule has 2 amide bonds.